The SMILES string of the molecule is COc1cc2cc(c1Cl)N(C)C(=O)CC(O)C1(C)OC1C(C)C1CC(O)(NC(=O)O1)C(C)/C=C/C=C(\C)C2. The monoisotopic (exact) mass is 548 g/mol. The average molecular weight is 549 g/mol. The fourth-order valence-corrected chi connectivity index (χ4v) is 5.68. The molecule has 0 aliphatic carbocycles. The van der Waals surface area contributed by atoms with Gasteiger partial charge in [0.15, 0.2) is 0 Å². The Morgan fingerprint density at radius 1 is 1.26 bits per heavy atom. The third kappa shape index (κ3) is 5.43. The van der Waals surface area contributed by atoms with E-state index in [0.717, 1.165) is 11.1 Å². The molecule has 1 aromatic rings. The molecule has 208 valence electrons. The van der Waals surface area contributed by atoms with Crippen LogP contribution in [0.3, 0.4) is 0 Å². The molecule has 38 heavy (non-hydrogen) atoms. The molecule has 4 rings (SSSR count). The van der Waals surface area contributed by atoms with E-state index in [0.29, 0.717) is 22.9 Å². The van der Waals surface area contributed by atoms with Gasteiger partial charge in [-0.05, 0) is 38.0 Å². The molecule has 3 aliphatic heterocycles. The highest BCUT2D eigenvalue weighted by Gasteiger charge is 2.62. The zero-order valence-electron chi connectivity index (χ0n) is 22.7. The number of alkyl carbamates (subject to hydrolysis) is 1. The Kier molecular flexibility index (Phi) is 7.87. The van der Waals surface area contributed by atoms with Crippen LogP contribution in [0.4, 0.5) is 10.5 Å². The molecule has 10 heteroatoms. The molecule has 7 unspecified atom stereocenters. The number of aliphatic hydroxyl groups is 2. The van der Waals surface area contributed by atoms with Gasteiger partial charge in [0.05, 0.1) is 31.4 Å². The Labute approximate surface area is 228 Å². The summed E-state index contributed by atoms with van der Waals surface area (Å²) in [6, 6.07) is 3.67. The van der Waals surface area contributed by atoms with Gasteiger partial charge in [-0.1, -0.05) is 49.2 Å². The Morgan fingerprint density at radius 3 is 2.66 bits per heavy atom. The van der Waals surface area contributed by atoms with Crippen molar-refractivity contribution in [3.05, 3.63) is 46.5 Å². The quantitative estimate of drug-likeness (QED) is 0.457. The summed E-state index contributed by atoms with van der Waals surface area (Å²) in [7, 11) is 3.13. The van der Waals surface area contributed by atoms with Gasteiger partial charge in [-0.3, -0.25) is 10.1 Å². The van der Waals surface area contributed by atoms with E-state index in [2.05, 4.69) is 5.32 Å². The summed E-state index contributed by atoms with van der Waals surface area (Å²) >= 11 is 6.58. The van der Waals surface area contributed by atoms with Gasteiger partial charge in [-0.15, -0.1) is 0 Å². The van der Waals surface area contributed by atoms with Crippen molar-refractivity contribution in [2.24, 2.45) is 11.8 Å². The number of aliphatic hydroxyl groups excluding tert-OH is 1. The summed E-state index contributed by atoms with van der Waals surface area (Å²) in [4.78, 5) is 27.1. The Balaban J connectivity index is 1.73. The standard InChI is InChI=1S/C28H37ClN2O7/c1-15-8-7-9-16(2)28(35)14-21(37-26(34)30-28)17(3)25-27(4,38-25)22(32)13-23(33)31(5)19-11-18(10-15)12-20(36-6)24(19)29/h7-9,11-12,16-17,21-22,25,32,35H,10,13-14H2,1-6H3,(H,30,34)/b9-7+,15-8+. The number of methoxy groups -OCH3 is 1. The van der Waals surface area contributed by atoms with Gasteiger partial charge in [0.1, 0.15) is 28.2 Å². The first kappa shape index (κ1) is 28.4. The highest BCUT2D eigenvalue weighted by molar-refractivity contribution is 6.35. The van der Waals surface area contributed by atoms with Crippen LogP contribution in [0.15, 0.2) is 35.9 Å². The van der Waals surface area contributed by atoms with Crippen molar-refractivity contribution < 1.29 is 34.0 Å². The number of rotatable bonds is 1. The number of ether oxygens (including phenoxy) is 3. The van der Waals surface area contributed by atoms with Gasteiger partial charge < -0.3 is 29.3 Å². The minimum atomic E-state index is -1.52. The highest BCUT2D eigenvalue weighted by Crippen LogP contribution is 2.48. The first-order valence-corrected chi connectivity index (χ1v) is 13.2. The molecule has 9 nitrogen and oxygen atoms in total. The van der Waals surface area contributed by atoms with Gasteiger partial charge >= 0.3 is 6.09 Å². The zero-order chi connectivity index (χ0) is 28.0. The second-order valence-electron chi connectivity index (χ2n) is 10.9. The maximum Gasteiger partial charge on any atom is 0.409 e. The van der Waals surface area contributed by atoms with E-state index >= 15 is 0 Å². The lowest BCUT2D eigenvalue weighted by Gasteiger charge is -2.41. The summed E-state index contributed by atoms with van der Waals surface area (Å²) in [6.45, 7) is 7.39. The van der Waals surface area contributed by atoms with Crippen LogP contribution < -0.4 is 15.0 Å². The van der Waals surface area contributed by atoms with E-state index in [1.807, 2.05) is 51.1 Å². The maximum absolute atomic E-state index is 13.2. The predicted molar refractivity (Wildman–Crippen MR) is 143 cm³/mol. The largest absolute Gasteiger partial charge is 0.495 e. The number of epoxide rings is 1. The number of nitrogens with zero attached hydrogens (tertiary/aromatic N) is 1. The summed E-state index contributed by atoms with van der Waals surface area (Å²) < 4.78 is 16.9. The second-order valence-corrected chi connectivity index (χ2v) is 11.3. The molecule has 0 saturated carbocycles. The number of hydrogen-bond acceptors (Lipinski definition) is 7. The van der Waals surface area contributed by atoms with Crippen LogP contribution >= 0.6 is 11.6 Å². The van der Waals surface area contributed by atoms with Crippen LogP contribution in [0.25, 0.3) is 0 Å². The zero-order valence-corrected chi connectivity index (χ0v) is 23.4. The number of carbonyl (C=O) groups is 2. The lowest BCUT2D eigenvalue weighted by atomic mass is 9.82. The molecule has 3 heterocycles. The van der Waals surface area contributed by atoms with Crippen molar-refractivity contribution in [1.82, 2.24) is 5.32 Å². The van der Waals surface area contributed by atoms with E-state index < -0.39 is 41.6 Å². The molecule has 2 fully saturated rings. The van der Waals surface area contributed by atoms with Crippen molar-refractivity contribution in [2.45, 2.75) is 76.6 Å². The first-order valence-electron chi connectivity index (χ1n) is 12.8. The number of halogens is 1. The molecule has 2 saturated heterocycles. The molecule has 4 bridgehead atoms. The minimum Gasteiger partial charge on any atom is -0.495 e. The molecule has 3 aliphatic rings. The second kappa shape index (κ2) is 10.5. The van der Waals surface area contributed by atoms with Gasteiger partial charge in [0.25, 0.3) is 0 Å². The van der Waals surface area contributed by atoms with E-state index in [-0.39, 0.29) is 24.7 Å². The van der Waals surface area contributed by atoms with Crippen LogP contribution in [0, 0.1) is 11.8 Å². The third-order valence-corrected chi connectivity index (χ3v) is 8.50. The molecule has 7 atom stereocenters. The van der Waals surface area contributed by atoms with Crippen LogP contribution in [0.1, 0.15) is 46.1 Å². The van der Waals surface area contributed by atoms with Crippen LogP contribution in [-0.2, 0) is 20.7 Å². The predicted octanol–water partition coefficient (Wildman–Crippen LogP) is 3.74. The number of fused-ring (bicyclic) bond motifs is 5. The Bertz CT molecular complexity index is 1170. The number of amides is 2. The number of anilines is 1. The van der Waals surface area contributed by atoms with E-state index in [1.165, 1.54) is 12.0 Å². The fraction of sp³-hybridized carbons (Fsp3) is 0.571. The molecule has 2 amide bonds. The Morgan fingerprint density at radius 2 is 1.97 bits per heavy atom. The number of allylic oxidation sites excluding steroid dienone is 3. The lowest BCUT2D eigenvalue weighted by molar-refractivity contribution is -0.121. The highest BCUT2D eigenvalue weighted by atomic mass is 35.5. The van der Waals surface area contributed by atoms with Crippen LogP contribution in [-0.4, -0.2) is 66.0 Å². The van der Waals surface area contributed by atoms with Crippen LogP contribution in [0.5, 0.6) is 5.75 Å². The number of hydrogen-bond donors (Lipinski definition) is 3. The van der Waals surface area contributed by atoms with E-state index in [1.54, 1.807) is 14.0 Å². The molecule has 0 spiro atoms. The third-order valence-electron chi connectivity index (χ3n) is 8.12. The lowest BCUT2D eigenvalue weighted by Crippen LogP contribution is -2.60. The fourth-order valence-electron chi connectivity index (χ4n) is 5.37. The summed E-state index contributed by atoms with van der Waals surface area (Å²) in [5, 5.41) is 25.3. The maximum atomic E-state index is 13.2. The van der Waals surface area contributed by atoms with Crippen molar-refractivity contribution in [2.75, 3.05) is 19.1 Å². The molecule has 0 radical (unpaired) electrons. The summed E-state index contributed by atoms with van der Waals surface area (Å²) in [6.07, 6.45) is 3.20. The normalized spacial score (nSPS) is 38.3. The van der Waals surface area contributed by atoms with Crippen molar-refractivity contribution in [1.29, 1.82) is 0 Å². The molecular formula is C28H37ClN2O7. The average Bonchev–Trinajstić information content (AvgIpc) is 3.55. The molecule has 3 N–H and O–H groups in total. The smallest absolute Gasteiger partial charge is 0.409 e. The van der Waals surface area contributed by atoms with Crippen molar-refractivity contribution in [3.8, 4) is 5.75 Å². The Hall–Kier alpha value is -2.59. The minimum absolute atomic E-state index is 0.145. The van der Waals surface area contributed by atoms with Crippen molar-refractivity contribution in [3.63, 3.8) is 0 Å². The molecular weight excluding hydrogens is 512 g/mol. The molecule has 1 aromatic carbocycles. The van der Waals surface area contributed by atoms with Crippen molar-refractivity contribution >= 4 is 29.3 Å². The summed E-state index contributed by atoms with van der Waals surface area (Å²) in [5.74, 6) is -0.650. The number of benzene rings is 1. The van der Waals surface area contributed by atoms with Gasteiger partial charge in [0.2, 0.25) is 5.91 Å². The number of nitrogens with one attached hydrogen (secondary N) is 1. The topological polar surface area (TPSA) is 121 Å². The van der Waals surface area contributed by atoms with E-state index in [4.69, 9.17) is 25.8 Å². The van der Waals surface area contributed by atoms with Gasteiger partial charge in [0, 0.05) is 25.3 Å². The number of carbonyl (C=O) groups excluding carboxylic acids is 2. The first-order chi connectivity index (χ1) is 17.8. The van der Waals surface area contributed by atoms with Crippen LogP contribution in [0.2, 0.25) is 5.02 Å². The van der Waals surface area contributed by atoms with E-state index in [9.17, 15) is 19.8 Å². The molecule has 0 aromatic heterocycles. The van der Waals surface area contributed by atoms with Gasteiger partial charge in [-0.25, -0.2) is 4.79 Å². The van der Waals surface area contributed by atoms with Gasteiger partial charge in [-0.2, -0.15) is 0 Å². The summed E-state index contributed by atoms with van der Waals surface area (Å²) in [5.41, 5.74) is -0.139.